The largest absolute Gasteiger partial charge is 0.351 e. The van der Waals surface area contributed by atoms with E-state index in [2.05, 4.69) is 43.4 Å². The van der Waals surface area contributed by atoms with Gasteiger partial charge in [0.25, 0.3) is 0 Å². The van der Waals surface area contributed by atoms with Gasteiger partial charge in [-0.25, -0.2) is 28.1 Å². The van der Waals surface area contributed by atoms with Gasteiger partial charge in [0.15, 0.2) is 0 Å². The van der Waals surface area contributed by atoms with Crippen molar-refractivity contribution < 1.29 is 8.42 Å². The molecule has 0 radical (unpaired) electrons. The van der Waals surface area contributed by atoms with E-state index in [1.165, 1.54) is 6.26 Å². The topological polar surface area (TPSA) is 102 Å². The van der Waals surface area contributed by atoms with Gasteiger partial charge in [0.05, 0.1) is 23.8 Å². The molecule has 1 aliphatic carbocycles. The summed E-state index contributed by atoms with van der Waals surface area (Å²) in [6, 6.07) is 2.46. The molecule has 0 aliphatic heterocycles. The smallest absolute Gasteiger partial charge is 0.223 e. The monoisotopic (exact) mass is 392 g/mol. The summed E-state index contributed by atoms with van der Waals surface area (Å²) in [5.74, 6) is 1.56. The van der Waals surface area contributed by atoms with Crippen LogP contribution in [-0.4, -0.2) is 46.3 Å². The molecule has 0 unspecified atom stereocenters. The Morgan fingerprint density at radius 2 is 1.81 bits per heavy atom. The van der Waals surface area contributed by atoms with Gasteiger partial charge in [0.1, 0.15) is 5.82 Å². The van der Waals surface area contributed by atoms with Gasteiger partial charge in [-0.3, -0.25) is 0 Å². The highest BCUT2D eigenvalue weighted by atomic mass is 32.2. The van der Waals surface area contributed by atoms with Crippen LogP contribution >= 0.6 is 0 Å². The van der Waals surface area contributed by atoms with Crippen LogP contribution in [0, 0.1) is 6.92 Å². The van der Waals surface area contributed by atoms with Gasteiger partial charge in [0.2, 0.25) is 16.0 Å². The first-order valence-corrected chi connectivity index (χ1v) is 11.2. The SMILES string of the molecule is Cc1ncc(-c2ccnc(NC3CCC(NS(C)(=O)=O)CC3)n2)n1C(C)C. The fourth-order valence-corrected chi connectivity index (χ4v) is 4.55. The number of nitrogens with one attached hydrogen (secondary N) is 2. The highest BCUT2D eigenvalue weighted by Gasteiger charge is 2.24. The minimum Gasteiger partial charge on any atom is -0.351 e. The van der Waals surface area contributed by atoms with Crippen LogP contribution in [0.15, 0.2) is 18.5 Å². The molecule has 2 aromatic heterocycles. The zero-order valence-corrected chi connectivity index (χ0v) is 17.1. The number of aromatic nitrogens is 4. The van der Waals surface area contributed by atoms with Crippen LogP contribution in [-0.2, 0) is 10.0 Å². The zero-order chi connectivity index (χ0) is 19.6. The van der Waals surface area contributed by atoms with Crippen molar-refractivity contribution in [3.8, 4) is 11.4 Å². The lowest BCUT2D eigenvalue weighted by molar-refractivity contribution is 0.387. The summed E-state index contributed by atoms with van der Waals surface area (Å²) in [4.78, 5) is 13.5. The average molecular weight is 393 g/mol. The second kappa shape index (κ2) is 7.93. The molecule has 1 saturated carbocycles. The lowest BCUT2D eigenvalue weighted by Crippen LogP contribution is -2.39. The molecule has 0 aromatic carbocycles. The minimum absolute atomic E-state index is 0.0219. The lowest BCUT2D eigenvalue weighted by atomic mass is 9.92. The number of imidazole rings is 1. The third-order valence-electron chi connectivity index (χ3n) is 4.86. The molecule has 2 heterocycles. The molecule has 0 saturated heterocycles. The molecule has 3 rings (SSSR count). The van der Waals surface area contributed by atoms with Gasteiger partial charge in [-0.15, -0.1) is 0 Å². The predicted molar refractivity (Wildman–Crippen MR) is 106 cm³/mol. The van der Waals surface area contributed by atoms with E-state index in [1.807, 2.05) is 19.2 Å². The van der Waals surface area contributed by atoms with E-state index < -0.39 is 10.0 Å². The van der Waals surface area contributed by atoms with Gasteiger partial charge in [0, 0.05) is 24.3 Å². The van der Waals surface area contributed by atoms with E-state index in [0.717, 1.165) is 42.9 Å². The maximum atomic E-state index is 11.4. The number of rotatable bonds is 6. The number of aryl methyl sites for hydroxylation is 1. The Balaban J connectivity index is 1.67. The highest BCUT2D eigenvalue weighted by Crippen LogP contribution is 2.25. The van der Waals surface area contributed by atoms with Crippen LogP contribution in [0.4, 0.5) is 5.95 Å². The fraction of sp³-hybridized carbons (Fsp3) is 0.611. The van der Waals surface area contributed by atoms with Crippen LogP contribution in [0.2, 0.25) is 0 Å². The Morgan fingerprint density at radius 1 is 1.15 bits per heavy atom. The van der Waals surface area contributed by atoms with Gasteiger partial charge >= 0.3 is 0 Å². The molecular formula is C18H28N6O2S. The van der Waals surface area contributed by atoms with Crippen LogP contribution in [0.1, 0.15) is 51.4 Å². The fourth-order valence-electron chi connectivity index (χ4n) is 3.71. The molecule has 9 heteroatoms. The van der Waals surface area contributed by atoms with Crippen molar-refractivity contribution in [3.05, 3.63) is 24.3 Å². The molecule has 1 aliphatic rings. The highest BCUT2D eigenvalue weighted by molar-refractivity contribution is 7.88. The molecule has 0 spiro atoms. The van der Waals surface area contributed by atoms with E-state index >= 15 is 0 Å². The summed E-state index contributed by atoms with van der Waals surface area (Å²) in [7, 11) is -3.15. The van der Waals surface area contributed by atoms with E-state index in [9.17, 15) is 8.42 Å². The quantitative estimate of drug-likeness (QED) is 0.783. The summed E-state index contributed by atoms with van der Waals surface area (Å²) in [6.45, 7) is 6.25. The molecule has 1 fully saturated rings. The standard InChI is InChI=1S/C18H28N6O2S/c1-12(2)24-13(3)20-11-17(24)16-9-10-19-18(22-16)21-14-5-7-15(8-6-14)23-27(4,25)26/h9-12,14-15,23H,5-8H2,1-4H3,(H,19,21,22). The van der Waals surface area contributed by atoms with Crippen molar-refractivity contribution >= 4 is 16.0 Å². The third kappa shape index (κ3) is 5.04. The predicted octanol–water partition coefficient (Wildman–Crippen LogP) is 2.50. The number of sulfonamides is 1. The van der Waals surface area contributed by atoms with Crippen molar-refractivity contribution in [2.24, 2.45) is 0 Å². The van der Waals surface area contributed by atoms with Crippen LogP contribution in [0.3, 0.4) is 0 Å². The van der Waals surface area contributed by atoms with Gasteiger partial charge < -0.3 is 9.88 Å². The van der Waals surface area contributed by atoms with Crippen molar-refractivity contribution in [1.82, 2.24) is 24.2 Å². The maximum Gasteiger partial charge on any atom is 0.223 e. The van der Waals surface area contributed by atoms with Gasteiger partial charge in [-0.05, 0) is 52.5 Å². The zero-order valence-electron chi connectivity index (χ0n) is 16.3. The van der Waals surface area contributed by atoms with E-state index in [-0.39, 0.29) is 12.1 Å². The lowest BCUT2D eigenvalue weighted by Gasteiger charge is -2.29. The number of anilines is 1. The Kier molecular flexibility index (Phi) is 5.81. The second-order valence-corrected chi connectivity index (χ2v) is 9.28. The van der Waals surface area contributed by atoms with Crippen molar-refractivity contribution in [3.63, 3.8) is 0 Å². The molecule has 2 N–H and O–H groups in total. The van der Waals surface area contributed by atoms with Crippen LogP contribution < -0.4 is 10.0 Å². The first-order chi connectivity index (χ1) is 12.7. The summed E-state index contributed by atoms with van der Waals surface area (Å²) in [5, 5.41) is 3.40. The average Bonchev–Trinajstić information content (AvgIpc) is 2.97. The van der Waals surface area contributed by atoms with Crippen molar-refractivity contribution in [1.29, 1.82) is 0 Å². The molecule has 0 atom stereocenters. The Hall–Kier alpha value is -2.00. The summed E-state index contributed by atoms with van der Waals surface area (Å²) in [6.07, 6.45) is 8.19. The maximum absolute atomic E-state index is 11.4. The summed E-state index contributed by atoms with van der Waals surface area (Å²) in [5.41, 5.74) is 1.82. The molecule has 2 aromatic rings. The first kappa shape index (κ1) is 19.8. The van der Waals surface area contributed by atoms with E-state index in [4.69, 9.17) is 0 Å². The minimum atomic E-state index is -3.15. The summed E-state index contributed by atoms with van der Waals surface area (Å²) < 4.78 is 27.6. The number of hydrogen-bond donors (Lipinski definition) is 2. The second-order valence-electron chi connectivity index (χ2n) is 7.50. The van der Waals surface area contributed by atoms with Crippen molar-refractivity contribution in [2.75, 3.05) is 11.6 Å². The third-order valence-corrected chi connectivity index (χ3v) is 5.62. The Bertz CT molecular complexity index is 885. The summed E-state index contributed by atoms with van der Waals surface area (Å²) >= 11 is 0. The molecule has 8 nitrogen and oxygen atoms in total. The van der Waals surface area contributed by atoms with Crippen LogP contribution in [0.25, 0.3) is 11.4 Å². The first-order valence-electron chi connectivity index (χ1n) is 9.34. The van der Waals surface area contributed by atoms with Crippen molar-refractivity contribution in [2.45, 2.75) is 64.6 Å². The van der Waals surface area contributed by atoms with E-state index in [1.54, 1.807) is 6.20 Å². The van der Waals surface area contributed by atoms with Gasteiger partial charge in [-0.2, -0.15) is 0 Å². The van der Waals surface area contributed by atoms with Crippen LogP contribution in [0.5, 0.6) is 0 Å². The normalized spacial score (nSPS) is 20.8. The number of nitrogens with zero attached hydrogens (tertiary/aromatic N) is 4. The molecule has 27 heavy (non-hydrogen) atoms. The molecular weight excluding hydrogens is 364 g/mol. The number of hydrogen-bond acceptors (Lipinski definition) is 6. The van der Waals surface area contributed by atoms with E-state index in [0.29, 0.717) is 12.0 Å². The Labute approximate surface area is 160 Å². The molecule has 148 valence electrons. The van der Waals surface area contributed by atoms with Gasteiger partial charge in [-0.1, -0.05) is 0 Å². The molecule has 0 bridgehead atoms. The Morgan fingerprint density at radius 3 is 2.44 bits per heavy atom. The molecule has 0 amide bonds.